The number of methoxy groups -OCH3 is 5. The van der Waals surface area contributed by atoms with Crippen molar-refractivity contribution in [1.82, 2.24) is 4.90 Å². The van der Waals surface area contributed by atoms with E-state index in [1.807, 2.05) is 19.9 Å². The van der Waals surface area contributed by atoms with Crippen molar-refractivity contribution in [2.24, 2.45) is 29.6 Å². The lowest BCUT2D eigenvalue weighted by molar-refractivity contribution is -0.302. The highest BCUT2D eigenvalue weighted by molar-refractivity contribution is 6.39. The summed E-state index contributed by atoms with van der Waals surface area (Å²) in [6.45, 7) is 8.54. The molecule has 3 aliphatic heterocycles. The number of fused-ring (bicyclic) bond motifs is 3. The number of carbonyl (C=O) groups excluding carboxylic acids is 7. The first-order chi connectivity index (χ1) is 44.3. The van der Waals surface area contributed by atoms with Crippen molar-refractivity contribution in [3.63, 3.8) is 0 Å². The minimum absolute atomic E-state index is 0.00642. The van der Waals surface area contributed by atoms with E-state index in [0.29, 0.717) is 61.6 Å². The lowest BCUT2D eigenvalue weighted by Crippen LogP contribution is -2.64. The van der Waals surface area contributed by atoms with Crippen molar-refractivity contribution in [2.45, 2.75) is 166 Å². The van der Waals surface area contributed by atoms with Gasteiger partial charge in [-0.25, -0.2) is 9.59 Å². The summed E-state index contributed by atoms with van der Waals surface area (Å²) >= 11 is 0. The number of phenols is 2. The number of aliphatic hydroxyl groups excluding tert-OH is 2. The highest BCUT2D eigenvalue weighted by Crippen LogP contribution is 2.40. The van der Waals surface area contributed by atoms with E-state index in [9.17, 15) is 59.1 Å². The summed E-state index contributed by atoms with van der Waals surface area (Å²) in [5, 5.41) is 58.0. The number of nitrogens with one attached hydrogen (secondary N) is 1. The van der Waals surface area contributed by atoms with Crippen LogP contribution in [-0.2, 0) is 57.2 Å². The van der Waals surface area contributed by atoms with Gasteiger partial charge in [-0.05, 0) is 161 Å². The zero-order chi connectivity index (χ0) is 67.8. The minimum Gasteiger partial charge on any atom is -0.504 e. The predicted octanol–water partition coefficient (Wildman–Crippen LogP) is 8.78. The molecule has 4 aliphatic rings. The Kier molecular flexibility index (Phi) is 26.2. The number of rotatable bonds is 18. The van der Waals surface area contributed by atoms with Crippen LogP contribution in [0.1, 0.15) is 128 Å². The molecule has 2 saturated heterocycles. The number of hydrogen-bond acceptors (Lipinski definition) is 20. The molecule has 0 aromatic heterocycles. The number of piperidine rings is 1. The third-order valence-electron chi connectivity index (χ3n) is 18.5. The molecule has 3 heterocycles. The smallest absolute Gasteiger partial charge is 0.411 e. The predicted molar refractivity (Wildman–Crippen MR) is 344 cm³/mol. The average molecular weight is 1290 g/mol. The van der Waals surface area contributed by atoms with E-state index in [4.69, 9.17) is 37.9 Å². The summed E-state index contributed by atoms with van der Waals surface area (Å²) in [4.78, 5) is 101. The number of nitrogens with zero attached hydrogens (tertiary/aromatic N) is 1. The fraction of sp³-hybridized carbons (Fsp3) is 0.535. The maximum atomic E-state index is 14.8. The van der Waals surface area contributed by atoms with Gasteiger partial charge >= 0.3 is 12.1 Å². The van der Waals surface area contributed by atoms with Gasteiger partial charge in [0.2, 0.25) is 5.79 Å². The number of cyclic esters (lactones) is 1. The summed E-state index contributed by atoms with van der Waals surface area (Å²) in [5.74, 6) is -11.6. The van der Waals surface area contributed by atoms with Crippen molar-refractivity contribution in [1.29, 1.82) is 0 Å². The molecule has 3 aromatic rings. The number of Topliss-reactive ketones (excluding diaryl/α,β-unsaturated/α-hetero) is 2. The summed E-state index contributed by atoms with van der Waals surface area (Å²) in [6.07, 6.45) is 5.13. The van der Waals surface area contributed by atoms with E-state index in [0.717, 1.165) is 10.5 Å². The van der Waals surface area contributed by atoms with Gasteiger partial charge in [0.05, 0.1) is 51.3 Å². The molecule has 3 fully saturated rings. The molecule has 3 aromatic carbocycles. The number of hydrogen-bond donors (Lipinski definition) is 6. The lowest BCUT2D eigenvalue weighted by Gasteiger charge is -2.47. The molecule has 1 saturated carbocycles. The Morgan fingerprint density at radius 2 is 1.35 bits per heavy atom. The highest BCUT2D eigenvalue weighted by atomic mass is 16.7. The Labute approximate surface area is 543 Å². The van der Waals surface area contributed by atoms with Gasteiger partial charge in [0, 0.05) is 57.7 Å². The van der Waals surface area contributed by atoms with Crippen LogP contribution in [0.4, 0.5) is 10.5 Å². The summed E-state index contributed by atoms with van der Waals surface area (Å²) in [7, 11) is 7.25. The molecule has 6 N–H and O–H groups in total. The highest BCUT2D eigenvalue weighted by Gasteiger charge is 2.57. The number of carbonyl (C=O) groups is 7. The van der Waals surface area contributed by atoms with Crippen LogP contribution < -0.4 is 14.8 Å². The Morgan fingerprint density at radius 3 is 1.95 bits per heavy atom. The summed E-state index contributed by atoms with van der Waals surface area (Å²) in [5.41, 5.74) is 2.87. The number of ether oxygens (including phenoxy) is 8. The summed E-state index contributed by atoms with van der Waals surface area (Å²) < 4.78 is 46.2. The number of phenolic OH excluding ortho intramolecular Hbond substituents is 2. The van der Waals surface area contributed by atoms with E-state index in [1.165, 1.54) is 108 Å². The first kappa shape index (κ1) is 72.8. The number of allylic oxidation sites excluding steroid dienone is 5. The Bertz CT molecular complexity index is 3170. The molecule has 2 bridgehead atoms. The number of anilines is 1. The number of amides is 2. The van der Waals surface area contributed by atoms with Crippen LogP contribution in [0.15, 0.2) is 96.1 Å². The minimum atomic E-state index is -2.62. The fourth-order valence-corrected chi connectivity index (χ4v) is 13.1. The van der Waals surface area contributed by atoms with Gasteiger partial charge in [-0.3, -0.25) is 29.3 Å². The number of aromatic hydroxyl groups is 2. The van der Waals surface area contributed by atoms with E-state index in [1.54, 1.807) is 39.0 Å². The molecule has 22 nitrogen and oxygen atoms in total. The zero-order valence-electron chi connectivity index (χ0n) is 54.8. The first-order valence-corrected chi connectivity index (χ1v) is 31.8. The molecule has 2 amide bonds. The number of aliphatic hydroxyl groups is 3. The maximum Gasteiger partial charge on any atom is 0.411 e. The molecule has 93 heavy (non-hydrogen) atoms. The van der Waals surface area contributed by atoms with E-state index < -0.39 is 126 Å². The van der Waals surface area contributed by atoms with Crippen LogP contribution >= 0.6 is 0 Å². The Morgan fingerprint density at radius 1 is 0.753 bits per heavy atom. The van der Waals surface area contributed by atoms with E-state index in [2.05, 4.69) is 5.32 Å². The molecule has 0 spiro atoms. The zero-order valence-corrected chi connectivity index (χ0v) is 54.8. The molecule has 506 valence electrons. The lowest BCUT2D eigenvalue weighted by atomic mass is 9.81. The quantitative estimate of drug-likeness (QED) is 0.0228. The van der Waals surface area contributed by atoms with Crippen molar-refractivity contribution in [3.8, 4) is 23.0 Å². The Balaban J connectivity index is 1.14. The van der Waals surface area contributed by atoms with Gasteiger partial charge < -0.3 is 68.3 Å². The second-order valence-electron chi connectivity index (χ2n) is 25.2. The van der Waals surface area contributed by atoms with Crippen LogP contribution in [0.3, 0.4) is 0 Å². The monoisotopic (exact) mass is 1290 g/mol. The number of benzene rings is 3. The van der Waals surface area contributed by atoms with Gasteiger partial charge in [0.15, 0.2) is 34.6 Å². The average Bonchev–Trinajstić information content (AvgIpc) is 0.798. The van der Waals surface area contributed by atoms with Gasteiger partial charge in [0.25, 0.3) is 11.7 Å². The molecule has 7 rings (SSSR count). The molecular weight excluding hydrogens is 1200 g/mol. The molecule has 14 atom stereocenters. The van der Waals surface area contributed by atoms with E-state index >= 15 is 0 Å². The topological polar surface area (TPSA) is 310 Å². The van der Waals surface area contributed by atoms with Gasteiger partial charge in [-0.1, -0.05) is 74.9 Å². The SMILES string of the molecule is COc1cc(/C=C/C(=O)C(C(=O)/C=C/c2ccc(O)c(OC)c2)c2ccc(NC(=O)OCC[C@@H]3/C=C(\C)C[C@H](C)C[C@H](OC)[C@H]4O[C@@](O)(C(=O)C(=O)N5CCCC[C@H]5C(=O)O[C@H](/C(C)=C/[C@@H]5CC[C@@H](O)[C@H](OC)C5)[C@H](C)[C@@H](O)CC3=O)[C@H](C)C[C@@H]4OC)cc2)ccc1O. The van der Waals surface area contributed by atoms with Gasteiger partial charge in [-0.15, -0.1) is 0 Å². The third kappa shape index (κ3) is 18.6. The Hall–Kier alpha value is -7.57. The standard InChI is InChI=1S/C71H92N2O20/c1-40-31-41(2)33-62(89-9)66-63(90-10)35-43(4)71(85,93-66)67(81)68(82)73-29-12-11-13-51(73)69(83)92-65(42(3)34-47-18-25-54(76)61(38-47)88-8)44(5)57(79)39-58(80)49(32-40)28-30-91-70(84)72-50-21-19-48(20-22-50)64(55(77)26-16-45-14-23-52(74)59(36-45)86-6)56(78)27-17-46-15-24-53(75)60(37-46)87-7/h14-17,19-24,26-27,32,34,36-37,41,43-44,47,49,51,54,57,61-66,74-76,79,85H,11-13,18,25,28-31,33,35,38-39H2,1-10H3,(H,72,84)/b26-16+,27-17+,40-32+,42-34+/t41-,43+,44+,47-,49+,51-,54+,57-,61+,62-,63-,65+,66+,71+/m0/s1. The second kappa shape index (κ2) is 33.5. The van der Waals surface area contributed by atoms with Crippen molar-refractivity contribution < 1.29 is 97.0 Å². The number of esters is 1. The van der Waals surface area contributed by atoms with Crippen LogP contribution in [0, 0.1) is 29.6 Å². The fourth-order valence-electron chi connectivity index (χ4n) is 13.1. The second-order valence-corrected chi connectivity index (χ2v) is 25.2. The van der Waals surface area contributed by atoms with Gasteiger partial charge in [-0.2, -0.15) is 0 Å². The summed E-state index contributed by atoms with van der Waals surface area (Å²) in [6, 6.07) is 13.8. The molecule has 1 aliphatic carbocycles. The molecular formula is C71H92N2O20. The van der Waals surface area contributed by atoms with Crippen molar-refractivity contribution in [2.75, 3.05) is 54.0 Å². The number of ketones is 4. The third-order valence-corrected chi connectivity index (χ3v) is 18.5. The first-order valence-electron chi connectivity index (χ1n) is 31.8. The molecule has 22 heteroatoms. The molecule has 0 radical (unpaired) electrons. The van der Waals surface area contributed by atoms with Crippen LogP contribution in [0.25, 0.3) is 12.2 Å². The van der Waals surface area contributed by atoms with Crippen LogP contribution in [-0.4, -0.2) is 175 Å². The van der Waals surface area contributed by atoms with Crippen LogP contribution in [0.5, 0.6) is 23.0 Å². The normalized spacial score (nSPS) is 29.6. The van der Waals surface area contributed by atoms with Crippen molar-refractivity contribution in [3.05, 3.63) is 113 Å². The van der Waals surface area contributed by atoms with Crippen LogP contribution in [0.2, 0.25) is 0 Å². The van der Waals surface area contributed by atoms with Gasteiger partial charge in [0.1, 0.15) is 30.0 Å². The van der Waals surface area contributed by atoms with Crippen molar-refractivity contribution >= 4 is 58.9 Å². The maximum absolute atomic E-state index is 14.8. The largest absolute Gasteiger partial charge is 0.504 e. The van der Waals surface area contributed by atoms with E-state index in [-0.39, 0.29) is 78.5 Å². The molecule has 0 unspecified atom stereocenters.